The summed E-state index contributed by atoms with van der Waals surface area (Å²) in [4.78, 5) is 12.3. The summed E-state index contributed by atoms with van der Waals surface area (Å²) in [5.41, 5.74) is 2.61. The molecule has 1 amide bonds. The van der Waals surface area contributed by atoms with E-state index in [0.29, 0.717) is 16.6 Å². The van der Waals surface area contributed by atoms with Crippen LogP contribution < -0.4 is 15.4 Å². The summed E-state index contributed by atoms with van der Waals surface area (Å²) >= 11 is 8.59. The largest absolute Gasteiger partial charge is 0.494 e. The van der Waals surface area contributed by atoms with Crippen molar-refractivity contribution < 1.29 is 9.53 Å². The number of carbonyl (C=O) groups excluding carboxylic acids is 1. The molecule has 6 heteroatoms. The van der Waals surface area contributed by atoms with Crippen molar-refractivity contribution in [2.24, 2.45) is 0 Å². The summed E-state index contributed by atoms with van der Waals surface area (Å²) in [6.07, 6.45) is 1.95. The molecule has 0 fully saturated rings. The first kappa shape index (κ1) is 21.0. The van der Waals surface area contributed by atoms with E-state index in [0.717, 1.165) is 24.3 Å². The van der Waals surface area contributed by atoms with Gasteiger partial charge in [-0.25, -0.2) is 0 Å². The van der Waals surface area contributed by atoms with Crippen LogP contribution >= 0.6 is 28.1 Å². The number of thiocarbonyl (C=S) groups is 1. The molecule has 148 valence electrons. The highest BCUT2D eigenvalue weighted by Crippen LogP contribution is 2.17. The Hall–Kier alpha value is -2.70. The molecule has 3 rings (SSSR count). The second-order valence-corrected chi connectivity index (χ2v) is 7.61. The first-order chi connectivity index (χ1) is 14.1. The van der Waals surface area contributed by atoms with E-state index in [1.54, 1.807) is 12.1 Å². The quantitative estimate of drug-likeness (QED) is 0.350. The predicted octanol–water partition coefficient (Wildman–Crippen LogP) is 5.59. The summed E-state index contributed by atoms with van der Waals surface area (Å²) in [6.45, 7) is 0.655. The normalized spacial score (nSPS) is 10.2. The number of amides is 1. The average molecular weight is 469 g/mol. The monoisotopic (exact) mass is 468 g/mol. The molecule has 0 saturated heterocycles. The van der Waals surface area contributed by atoms with Gasteiger partial charge in [0.1, 0.15) is 5.75 Å². The van der Waals surface area contributed by atoms with E-state index < -0.39 is 0 Å². The van der Waals surface area contributed by atoms with Gasteiger partial charge >= 0.3 is 0 Å². The predicted molar refractivity (Wildman–Crippen MR) is 125 cm³/mol. The minimum absolute atomic E-state index is 0.238. The number of carbonyl (C=O) groups is 1. The van der Waals surface area contributed by atoms with Crippen molar-refractivity contribution >= 4 is 44.9 Å². The Balaban J connectivity index is 1.43. The molecular weight excluding hydrogens is 448 g/mol. The molecule has 0 heterocycles. The molecule has 0 radical (unpaired) electrons. The summed E-state index contributed by atoms with van der Waals surface area (Å²) in [7, 11) is 0. The number of ether oxygens (including phenoxy) is 1. The topological polar surface area (TPSA) is 50.4 Å². The number of anilines is 1. The number of nitrogens with one attached hydrogen (secondary N) is 2. The number of aryl methyl sites for hydroxylation is 1. The van der Waals surface area contributed by atoms with Gasteiger partial charge in [-0.05, 0) is 83.0 Å². The molecule has 0 atom stereocenters. The number of halogens is 1. The third-order valence-electron chi connectivity index (χ3n) is 4.18. The highest BCUT2D eigenvalue weighted by molar-refractivity contribution is 9.10. The molecule has 0 aromatic heterocycles. The molecule has 3 aromatic carbocycles. The first-order valence-corrected chi connectivity index (χ1v) is 10.5. The summed E-state index contributed by atoms with van der Waals surface area (Å²) < 4.78 is 6.50. The van der Waals surface area contributed by atoms with Gasteiger partial charge in [-0.2, -0.15) is 0 Å². The smallest absolute Gasteiger partial charge is 0.258 e. The van der Waals surface area contributed by atoms with Gasteiger partial charge in [0.05, 0.1) is 12.2 Å². The Kier molecular flexibility index (Phi) is 7.78. The molecular formula is C23H21BrN2O2S. The van der Waals surface area contributed by atoms with Crippen molar-refractivity contribution in [3.63, 3.8) is 0 Å². The van der Waals surface area contributed by atoms with Crippen molar-refractivity contribution in [2.45, 2.75) is 12.8 Å². The van der Waals surface area contributed by atoms with E-state index in [4.69, 9.17) is 17.0 Å². The van der Waals surface area contributed by atoms with Crippen LogP contribution in [0.4, 0.5) is 5.69 Å². The lowest BCUT2D eigenvalue weighted by Crippen LogP contribution is -2.34. The molecule has 0 aliphatic rings. The third kappa shape index (κ3) is 6.69. The first-order valence-electron chi connectivity index (χ1n) is 9.25. The van der Waals surface area contributed by atoms with Crippen LogP contribution in [-0.2, 0) is 6.42 Å². The van der Waals surface area contributed by atoms with Gasteiger partial charge in [0, 0.05) is 10.2 Å². The summed E-state index contributed by atoms with van der Waals surface area (Å²) in [5, 5.41) is 5.92. The van der Waals surface area contributed by atoms with Gasteiger partial charge in [0.25, 0.3) is 5.91 Å². The Labute approximate surface area is 184 Å². The van der Waals surface area contributed by atoms with E-state index in [-0.39, 0.29) is 11.0 Å². The van der Waals surface area contributed by atoms with Crippen molar-refractivity contribution in [2.75, 3.05) is 11.9 Å². The number of benzene rings is 3. The molecule has 0 aliphatic carbocycles. The molecule has 0 aliphatic heterocycles. The van der Waals surface area contributed by atoms with Crippen LogP contribution in [0, 0.1) is 0 Å². The average Bonchev–Trinajstić information content (AvgIpc) is 2.73. The number of hydrogen-bond acceptors (Lipinski definition) is 3. The molecule has 2 N–H and O–H groups in total. The van der Waals surface area contributed by atoms with Gasteiger partial charge in [-0.1, -0.05) is 42.5 Å². The Morgan fingerprint density at radius 1 is 0.931 bits per heavy atom. The van der Waals surface area contributed by atoms with Crippen LogP contribution in [-0.4, -0.2) is 17.6 Å². The van der Waals surface area contributed by atoms with Crippen LogP contribution in [0.3, 0.4) is 0 Å². The zero-order valence-corrected chi connectivity index (χ0v) is 18.1. The maximum absolute atomic E-state index is 12.3. The van der Waals surface area contributed by atoms with Crippen LogP contribution in [0.5, 0.6) is 5.75 Å². The second kappa shape index (κ2) is 10.7. The third-order valence-corrected chi connectivity index (χ3v) is 5.07. The Morgan fingerprint density at radius 3 is 2.34 bits per heavy atom. The minimum Gasteiger partial charge on any atom is -0.494 e. The fourth-order valence-corrected chi connectivity index (χ4v) is 3.40. The van der Waals surface area contributed by atoms with Gasteiger partial charge in [0.15, 0.2) is 5.11 Å². The maximum Gasteiger partial charge on any atom is 0.258 e. The Bertz CT molecular complexity index is 962. The van der Waals surface area contributed by atoms with Crippen molar-refractivity contribution in [1.29, 1.82) is 0 Å². The molecule has 4 nitrogen and oxygen atoms in total. The van der Waals surface area contributed by atoms with Gasteiger partial charge in [0.2, 0.25) is 0 Å². The highest BCUT2D eigenvalue weighted by atomic mass is 79.9. The van der Waals surface area contributed by atoms with Crippen LogP contribution in [0.15, 0.2) is 83.3 Å². The van der Waals surface area contributed by atoms with Crippen LogP contribution in [0.1, 0.15) is 22.3 Å². The maximum atomic E-state index is 12.3. The summed E-state index contributed by atoms with van der Waals surface area (Å²) in [5.74, 6) is 0.528. The SMILES string of the molecule is O=C(NC(=S)Nc1ccc(OCCCc2ccccc2)cc1)c1ccccc1Br. The van der Waals surface area contributed by atoms with E-state index in [1.807, 2.05) is 54.6 Å². The van der Waals surface area contributed by atoms with Crippen molar-refractivity contribution in [1.82, 2.24) is 5.32 Å². The van der Waals surface area contributed by atoms with Crippen LogP contribution in [0.2, 0.25) is 0 Å². The molecule has 0 unspecified atom stereocenters. The van der Waals surface area contributed by atoms with Gasteiger partial charge < -0.3 is 10.1 Å². The number of rotatable bonds is 7. The highest BCUT2D eigenvalue weighted by Gasteiger charge is 2.10. The lowest BCUT2D eigenvalue weighted by Gasteiger charge is -2.11. The lowest BCUT2D eigenvalue weighted by molar-refractivity contribution is 0.0977. The lowest BCUT2D eigenvalue weighted by atomic mass is 10.1. The fraction of sp³-hybridized carbons (Fsp3) is 0.130. The van der Waals surface area contributed by atoms with E-state index >= 15 is 0 Å². The molecule has 29 heavy (non-hydrogen) atoms. The zero-order chi connectivity index (χ0) is 20.5. The minimum atomic E-state index is -0.270. The molecule has 0 saturated carbocycles. The summed E-state index contributed by atoms with van der Waals surface area (Å²) in [6, 6.07) is 25.0. The Morgan fingerprint density at radius 2 is 1.62 bits per heavy atom. The molecule has 0 bridgehead atoms. The van der Waals surface area contributed by atoms with Crippen molar-refractivity contribution in [3.8, 4) is 5.75 Å². The van der Waals surface area contributed by atoms with E-state index in [9.17, 15) is 4.79 Å². The van der Waals surface area contributed by atoms with Gasteiger partial charge in [-0.3, -0.25) is 10.1 Å². The standard InChI is InChI=1S/C23H21BrN2O2S/c24-21-11-5-4-10-20(21)22(27)26-23(29)25-18-12-14-19(15-13-18)28-16-6-9-17-7-2-1-3-8-17/h1-5,7-8,10-15H,6,9,16H2,(H2,25,26,27,29). The van der Waals surface area contributed by atoms with Crippen molar-refractivity contribution in [3.05, 3.63) is 94.5 Å². The molecule has 3 aromatic rings. The van der Waals surface area contributed by atoms with E-state index in [1.165, 1.54) is 5.56 Å². The fourth-order valence-electron chi connectivity index (χ4n) is 2.72. The number of hydrogen-bond donors (Lipinski definition) is 2. The zero-order valence-electron chi connectivity index (χ0n) is 15.7. The van der Waals surface area contributed by atoms with Crippen LogP contribution in [0.25, 0.3) is 0 Å². The second-order valence-electron chi connectivity index (χ2n) is 6.35. The van der Waals surface area contributed by atoms with Gasteiger partial charge in [-0.15, -0.1) is 0 Å². The molecule has 0 spiro atoms. The van der Waals surface area contributed by atoms with E-state index in [2.05, 4.69) is 38.7 Å².